The van der Waals surface area contributed by atoms with E-state index in [2.05, 4.69) is 81.6 Å². The van der Waals surface area contributed by atoms with Gasteiger partial charge in [0.25, 0.3) is 0 Å². The van der Waals surface area contributed by atoms with Gasteiger partial charge in [0, 0.05) is 26.2 Å². The zero-order chi connectivity index (χ0) is 20.2. The Morgan fingerprint density at radius 2 is 1.81 bits per heavy atom. The minimum absolute atomic E-state index is 0.229. The summed E-state index contributed by atoms with van der Waals surface area (Å²) in [6.07, 6.45) is 1.90. The quantitative estimate of drug-likeness (QED) is 0.410. The van der Waals surface area contributed by atoms with Gasteiger partial charge >= 0.3 is 0 Å². The van der Waals surface area contributed by atoms with E-state index < -0.39 is 0 Å². The summed E-state index contributed by atoms with van der Waals surface area (Å²) in [5, 5.41) is 16.2. The van der Waals surface area contributed by atoms with Crippen LogP contribution in [-0.4, -0.2) is 56.3 Å². The molecule has 3 N–H and O–H groups in total. The third-order valence-electron chi connectivity index (χ3n) is 4.74. The molecule has 2 unspecified atom stereocenters. The Bertz CT molecular complexity index is 540. The summed E-state index contributed by atoms with van der Waals surface area (Å²) in [5.74, 6) is 1.89. The summed E-state index contributed by atoms with van der Waals surface area (Å²) in [4.78, 5) is 7.02. The number of hydrogen-bond acceptors (Lipinski definition) is 3. The van der Waals surface area contributed by atoms with E-state index in [-0.39, 0.29) is 12.6 Å². The third-order valence-corrected chi connectivity index (χ3v) is 4.74. The highest BCUT2D eigenvalue weighted by molar-refractivity contribution is 5.79. The van der Waals surface area contributed by atoms with Crippen LogP contribution in [0.1, 0.15) is 50.8 Å². The average molecular weight is 377 g/mol. The van der Waals surface area contributed by atoms with Crippen molar-refractivity contribution < 1.29 is 5.11 Å². The molecular weight excluding hydrogens is 336 g/mol. The highest BCUT2D eigenvalue weighted by Gasteiger charge is 2.15. The maximum atomic E-state index is 9.32. The van der Waals surface area contributed by atoms with Crippen LogP contribution < -0.4 is 10.6 Å². The van der Waals surface area contributed by atoms with E-state index in [1.165, 1.54) is 11.1 Å². The van der Waals surface area contributed by atoms with Gasteiger partial charge < -0.3 is 20.6 Å². The van der Waals surface area contributed by atoms with Crippen LogP contribution in [-0.2, 0) is 0 Å². The highest BCUT2D eigenvalue weighted by Crippen LogP contribution is 2.18. The monoisotopic (exact) mass is 376 g/mol. The first-order valence-electron chi connectivity index (χ1n) is 10.2. The molecule has 1 aromatic rings. The molecule has 0 amide bonds. The van der Waals surface area contributed by atoms with E-state index in [9.17, 15) is 5.11 Å². The van der Waals surface area contributed by atoms with Crippen LogP contribution in [0.3, 0.4) is 0 Å². The van der Waals surface area contributed by atoms with E-state index in [1.54, 1.807) is 0 Å². The zero-order valence-corrected chi connectivity index (χ0v) is 18.1. The second kappa shape index (κ2) is 12.7. The average Bonchev–Trinajstić information content (AvgIpc) is 2.60. The van der Waals surface area contributed by atoms with Gasteiger partial charge in [-0.15, -0.1) is 0 Å². The predicted octanol–water partition coefficient (Wildman–Crippen LogP) is 3.20. The summed E-state index contributed by atoms with van der Waals surface area (Å²) >= 11 is 0. The standard InChI is InChI=1S/C22H40N4O/c1-7-23-22(24-15-19(12-13-27)14-17(2)3)25-16-21(26(5)6)20-10-8-18(4)9-11-20/h8-11,17,19,21,27H,7,12-16H2,1-6H3,(H2,23,24,25). The molecule has 0 radical (unpaired) electrons. The molecule has 0 saturated heterocycles. The SMILES string of the molecule is CCNC(=NCC(CCO)CC(C)C)NCC(c1ccc(C)cc1)N(C)C. The Labute approximate surface area is 166 Å². The molecule has 27 heavy (non-hydrogen) atoms. The van der Waals surface area contributed by atoms with Crippen LogP contribution >= 0.6 is 0 Å². The lowest BCUT2D eigenvalue weighted by Gasteiger charge is -2.26. The van der Waals surface area contributed by atoms with Crippen molar-refractivity contribution in [1.29, 1.82) is 0 Å². The number of aliphatic imine (C=N–C) groups is 1. The van der Waals surface area contributed by atoms with Crippen LogP contribution in [0.2, 0.25) is 0 Å². The zero-order valence-electron chi connectivity index (χ0n) is 18.1. The Morgan fingerprint density at radius 1 is 1.15 bits per heavy atom. The van der Waals surface area contributed by atoms with Crippen molar-refractivity contribution in [2.45, 2.75) is 46.6 Å². The fraction of sp³-hybridized carbons (Fsp3) is 0.682. The van der Waals surface area contributed by atoms with Gasteiger partial charge in [-0.1, -0.05) is 43.7 Å². The third kappa shape index (κ3) is 9.25. The molecule has 5 nitrogen and oxygen atoms in total. The summed E-state index contributed by atoms with van der Waals surface area (Å²) in [6.45, 7) is 11.2. The van der Waals surface area contributed by atoms with Crippen molar-refractivity contribution in [2.24, 2.45) is 16.8 Å². The summed E-state index contributed by atoms with van der Waals surface area (Å²) in [7, 11) is 4.21. The number of benzene rings is 1. The van der Waals surface area contributed by atoms with E-state index >= 15 is 0 Å². The number of aryl methyl sites for hydroxylation is 1. The van der Waals surface area contributed by atoms with Gasteiger partial charge in [-0.25, -0.2) is 0 Å². The summed E-state index contributed by atoms with van der Waals surface area (Å²) < 4.78 is 0. The lowest BCUT2D eigenvalue weighted by atomic mass is 9.94. The molecule has 154 valence electrons. The number of aliphatic hydroxyl groups is 1. The van der Waals surface area contributed by atoms with Gasteiger partial charge in [-0.3, -0.25) is 4.99 Å². The van der Waals surface area contributed by atoms with Crippen molar-refractivity contribution in [3.63, 3.8) is 0 Å². The van der Waals surface area contributed by atoms with Crippen molar-refractivity contribution in [2.75, 3.05) is 40.3 Å². The Balaban J connectivity index is 2.76. The van der Waals surface area contributed by atoms with E-state index in [0.717, 1.165) is 38.4 Å². The van der Waals surface area contributed by atoms with Gasteiger partial charge in [0.05, 0.1) is 6.04 Å². The lowest BCUT2D eigenvalue weighted by Crippen LogP contribution is -2.42. The molecule has 0 aliphatic rings. The Morgan fingerprint density at radius 3 is 2.33 bits per heavy atom. The number of aliphatic hydroxyl groups excluding tert-OH is 1. The number of rotatable bonds is 11. The van der Waals surface area contributed by atoms with E-state index in [4.69, 9.17) is 4.99 Å². The first-order chi connectivity index (χ1) is 12.9. The normalized spacial score (nSPS) is 14.5. The lowest BCUT2D eigenvalue weighted by molar-refractivity contribution is 0.245. The molecule has 2 atom stereocenters. The number of guanidine groups is 1. The van der Waals surface area contributed by atoms with Gasteiger partial charge in [0.15, 0.2) is 5.96 Å². The molecule has 5 heteroatoms. The maximum absolute atomic E-state index is 9.32. The maximum Gasteiger partial charge on any atom is 0.191 e. The molecule has 0 saturated carbocycles. The van der Waals surface area contributed by atoms with Gasteiger partial charge in [0.1, 0.15) is 0 Å². The van der Waals surface area contributed by atoms with Crippen molar-refractivity contribution in [3.8, 4) is 0 Å². The highest BCUT2D eigenvalue weighted by atomic mass is 16.3. The van der Waals surface area contributed by atoms with Crippen LogP contribution in [0.4, 0.5) is 0 Å². The second-order valence-corrected chi connectivity index (χ2v) is 8.00. The number of nitrogens with one attached hydrogen (secondary N) is 2. The van der Waals surface area contributed by atoms with Crippen LogP contribution in [0.15, 0.2) is 29.3 Å². The molecule has 0 aliphatic heterocycles. The van der Waals surface area contributed by atoms with E-state index in [0.29, 0.717) is 11.8 Å². The molecule has 0 aliphatic carbocycles. The van der Waals surface area contributed by atoms with Crippen LogP contribution in [0, 0.1) is 18.8 Å². The predicted molar refractivity (Wildman–Crippen MR) is 116 cm³/mol. The van der Waals surface area contributed by atoms with Gasteiger partial charge in [0.2, 0.25) is 0 Å². The smallest absolute Gasteiger partial charge is 0.191 e. The number of likely N-dealkylation sites (N-methyl/N-ethyl adjacent to an activating group) is 1. The van der Waals surface area contributed by atoms with Crippen molar-refractivity contribution >= 4 is 5.96 Å². The molecule has 0 bridgehead atoms. The molecule has 1 rings (SSSR count). The first kappa shape index (κ1) is 23.4. The first-order valence-corrected chi connectivity index (χ1v) is 10.2. The molecule has 1 aromatic carbocycles. The largest absolute Gasteiger partial charge is 0.396 e. The van der Waals surface area contributed by atoms with E-state index in [1.807, 2.05) is 0 Å². The molecule has 0 heterocycles. The van der Waals surface area contributed by atoms with Crippen molar-refractivity contribution in [3.05, 3.63) is 35.4 Å². The number of hydrogen-bond donors (Lipinski definition) is 3. The Kier molecular flexibility index (Phi) is 11.1. The van der Waals surface area contributed by atoms with Crippen molar-refractivity contribution in [1.82, 2.24) is 15.5 Å². The van der Waals surface area contributed by atoms with Crippen LogP contribution in [0.5, 0.6) is 0 Å². The second-order valence-electron chi connectivity index (χ2n) is 8.00. The summed E-state index contributed by atoms with van der Waals surface area (Å²) in [6, 6.07) is 9.00. The molecule has 0 aromatic heterocycles. The van der Waals surface area contributed by atoms with Crippen LogP contribution in [0.25, 0.3) is 0 Å². The molecule has 0 spiro atoms. The van der Waals surface area contributed by atoms with Gasteiger partial charge in [-0.2, -0.15) is 0 Å². The molecule has 0 fully saturated rings. The fourth-order valence-corrected chi connectivity index (χ4v) is 3.28. The minimum atomic E-state index is 0.229. The minimum Gasteiger partial charge on any atom is -0.396 e. The fourth-order valence-electron chi connectivity index (χ4n) is 3.28. The summed E-state index contributed by atoms with van der Waals surface area (Å²) in [5.41, 5.74) is 2.58. The molecular formula is C22H40N4O. The van der Waals surface area contributed by atoms with Gasteiger partial charge in [-0.05, 0) is 58.2 Å². The Hall–Kier alpha value is -1.59. The topological polar surface area (TPSA) is 59.9 Å². The number of nitrogens with zero attached hydrogens (tertiary/aromatic N) is 2.